The highest BCUT2D eigenvalue weighted by Gasteiger charge is 2.55. The van der Waals surface area contributed by atoms with Crippen LogP contribution in [0.2, 0.25) is 0 Å². The van der Waals surface area contributed by atoms with E-state index in [2.05, 4.69) is 90.3 Å². The summed E-state index contributed by atoms with van der Waals surface area (Å²) in [5.74, 6) is 2.51. The Morgan fingerprint density at radius 3 is 1.36 bits per heavy atom. The van der Waals surface area contributed by atoms with Crippen LogP contribution >= 0.6 is 0 Å². The molecule has 4 aliphatic carbocycles. The van der Waals surface area contributed by atoms with Crippen molar-refractivity contribution in [3.8, 4) is 0 Å². The fourth-order valence-corrected chi connectivity index (χ4v) is 12.4. The van der Waals surface area contributed by atoms with Crippen molar-refractivity contribution in [2.45, 2.75) is 190 Å². The van der Waals surface area contributed by atoms with Gasteiger partial charge in [0.25, 0.3) is 0 Å². The highest BCUT2D eigenvalue weighted by atomic mass is 16.5. The number of aryl methyl sites for hydroxylation is 2. The Labute approximate surface area is 357 Å². The second-order valence-corrected chi connectivity index (χ2v) is 20.1. The van der Waals surface area contributed by atoms with E-state index >= 15 is 0 Å². The Morgan fingerprint density at radius 1 is 0.655 bits per heavy atom. The number of benzene rings is 2. The van der Waals surface area contributed by atoms with Gasteiger partial charge in [-0.1, -0.05) is 107 Å². The molecule has 0 heterocycles. The second kappa shape index (κ2) is 20.5. The van der Waals surface area contributed by atoms with Crippen LogP contribution in [0.25, 0.3) is 0 Å². The lowest BCUT2D eigenvalue weighted by molar-refractivity contribution is -0.134. The Hall–Kier alpha value is -2.34. The third-order valence-corrected chi connectivity index (χ3v) is 15.9. The maximum atomic E-state index is 13.1. The highest BCUT2D eigenvalue weighted by molar-refractivity contribution is 5.83. The number of rotatable bonds is 14. The average molecular weight is 801 g/mol. The molecule has 0 saturated heterocycles. The summed E-state index contributed by atoms with van der Waals surface area (Å²) in [5, 5.41) is 6.15. The first-order valence-electron chi connectivity index (χ1n) is 22.7. The van der Waals surface area contributed by atoms with Crippen LogP contribution in [0.15, 0.2) is 24.3 Å². The van der Waals surface area contributed by atoms with Gasteiger partial charge in [0.05, 0.1) is 0 Å². The topological polar surface area (TPSA) is 67.4 Å². The average Bonchev–Trinajstić information content (AvgIpc) is 3.14. The molecule has 58 heavy (non-hydrogen) atoms. The lowest BCUT2D eigenvalue weighted by Crippen LogP contribution is -2.52. The van der Waals surface area contributed by atoms with Gasteiger partial charge >= 0.3 is 0 Å². The highest BCUT2D eigenvalue weighted by Crippen LogP contribution is 2.59. The minimum Gasteiger partial charge on any atom is -0.381 e. The summed E-state index contributed by atoms with van der Waals surface area (Å²) in [6, 6.07) is 10.4. The summed E-state index contributed by atoms with van der Waals surface area (Å²) in [7, 11) is 3.92. The van der Waals surface area contributed by atoms with Crippen molar-refractivity contribution in [3.05, 3.63) is 68.8 Å². The molecule has 2 N–H and O–H groups in total. The van der Waals surface area contributed by atoms with Crippen LogP contribution in [0.1, 0.15) is 205 Å². The van der Waals surface area contributed by atoms with E-state index in [9.17, 15) is 9.59 Å². The van der Waals surface area contributed by atoms with E-state index in [0.717, 1.165) is 96.9 Å². The van der Waals surface area contributed by atoms with Gasteiger partial charge in [-0.05, 0) is 191 Å². The van der Waals surface area contributed by atoms with Crippen molar-refractivity contribution >= 4 is 11.6 Å². The number of Topliss-reactive ketones (excluding diaryl/α,β-unsaturated/α-hetero) is 2. The zero-order chi connectivity index (χ0) is 41.1. The van der Waals surface area contributed by atoms with Crippen molar-refractivity contribution in [1.82, 2.24) is 10.6 Å². The quantitative estimate of drug-likeness (QED) is 0.186. The number of hydrogen-bond acceptors (Lipinski definition) is 5. The summed E-state index contributed by atoms with van der Waals surface area (Å²) in [6.45, 7) is 26.5. The molecule has 0 bridgehead atoms. The van der Waals surface area contributed by atoms with Crippen molar-refractivity contribution in [2.75, 3.05) is 40.4 Å². The van der Waals surface area contributed by atoms with Gasteiger partial charge in [-0.15, -0.1) is 0 Å². The fraction of sp³-hybridized carbons (Fsp3) is 0.736. The second-order valence-electron chi connectivity index (χ2n) is 20.1. The predicted molar refractivity (Wildman–Crippen MR) is 249 cm³/mol. The van der Waals surface area contributed by atoms with Gasteiger partial charge in [0.2, 0.25) is 0 Å². The first-order chi connectivity index (χ1) is 26.5. The molecule has 2 aromatic carbocycles. The van der Waals surface area contributed by atoms with Crippen LogP contribution in [-0.2, 0) is 44.4 Å². The molecule has 0 amide bonds. The van der Waals surface area contributed by atoms with Crippen molar-refractivity contribution in [1.29, 1.82) is 0 Å². The Kier molecular flexibility index (Phi) is 17.7. The number of hydrogen-bond donors (Lipinski definition) is 2. The van der Waals surface area contributed by atoms with E-state index in [0.29, 0.717) is 35.2 Å². The van der Waals surface area contributed by atoms with E-state index < -0.39 is 0 Å². The van der Waals surface area contributed by atoms with Crippen molar-refractivity contribution in [2.24, 2.45) is 22.7 Å². The van der Waals surface area contributed by atoms with Gasteiger partial charge < -0.3 is 15.4 Å². The SMILES string of the molecule is C.C.CC(=O)C1(C)CCCC2(C)c3cc(Cc4cc5c(cc4C(C)C)CCC4C(C)(C(C)=O)CCCC54C)c(C(C)C)cc3CCC12.CNCCCOCCCNC. The van der Waals surface area contributed by atoms with E-state index in [1.807, 2.05) is 27.9 Å². The van der Waals surface area contributed by atoms with Crippen LogP contribution in [0.3, 0.4) is 0 Å². The van der Waals surface area contributed by atoms with E-state index in [4.69, 9.17) is 4.74 Å². The van der Waals surface area contributed by atoms with E-state index in [1.165, 1.54) is 57.3 Å². The molecular weight excluding hydrogens is 713 g/mol. The summed E-state index contributed by atoms with van der Waals surface area (Å²) in [6.07, 6.45) is 14.3. The van der Waals surface area contributed by atoms with Crippen LogP contribution in [0.4, 0.5) is 0 Å². The first kappa shape index (κ1) is 50.0. The molecule has 5 heteroatoms. The molecule has 6 atom stereocenters. The smallest absolute Gasteiger partial charge is 0.135 e. The van der Waals surface area contributed by atoms with Crippen LogP contribution < -0.4 is 10.6 Å². The molecule has 0 radical (unpaired) electrons. The standard InChI is InChI=1S/C43H60O2.C8H20N2O.2CH4/c1-26(2)34-22-30-13-15-38-40(7,28(5)44)17-11-19-42(38,9)36(30)24-32(34)21-33-25-37-31(23-35(33)27(3)4)14-16-39-41(8,29(6)45)18-12-20-43(37,39)10;1-9-5-3-7-11-8-4-6-10-2;;/h22-27,38-39H,11-21H2,1-10H3;9-10H,3-8H2,1-2H3;2*1H4. The van der Waals surface area contributed by atoms with Crippen molar-refractivity contribution in [3.63, 3.8) is 0 Å². The zero-order valence-electron chi connectivity index (χ0n) is 37.9. The molecule has 4 aliphatic rings. The number of ether oxygens (including phenoxy) is 1. The number of carbonyl (C=O) groups excluding carboxylic acids is 2. The summed E-state index contributed by atoms with van der Waals surface area (Å²) in [4.78, 5) is 26.2. The van der Waals surface area contributed by atoms with E-state index in [-0.39, 0.29) is 36.5 Å². The molecular formula is C53H88N2O3. The van der Waals surface area contributed by atoms with Crippen LogP contribution in [0, 0.1) is 22.7 Å². The van der Waals surface area contributed by atoms with Crippen LogP contribution in [-0.4, -0.2) is 52.0 Å². The maximum Gasteiger partial charge on any atom is 0.135 e. The predicted octanol–water partition coefficient (Wildman–Crippen LogP) is 12.2. The molecule has 5 nitrogen and oxygen atoms in total. The van der Waals surface area contributed by atoms with Gasteiger partial charge in [-0.2, -0.15) is 0 Å². The third-order valence-electron chi connectivity index (χ3n) is 15.9. The van der Waals surface area contributed by atoms with Gasteiger partial charge in [0.15, 0.2) is 0 Å². The molecule has 328 valence electrons. The molecule has 0 aromatic heterocycles. The van der Waals surface area contributed by atoms with Crippen molar-refractivity contribution < 1.29 is 14.3 Å². The van der Waals surface area contributed by atoms with Gasteiger partial charge in [0, 0.05) is 24.0 Å². The maximum absolute atomic E-state index is 13.1. The van der Waals surface area contributed by atoms with Gasteiger partial charge in [0.1, 0.15) is 11.6 Å². The Morgan fingerprint density at radius 2 is 1.03 bits per heavy atom. The normalized spacial score (nSPS) is 28.4. The Balaban J connectivity index is 0.000000609. The summed E-state index contributed by atoms with van der Waals surface area (Å²) >= 11 is 0. The molecule has 6 unspecified atom stereocenters. The first-order valence-corrected chi connectivity index (χ1v) is 22.7. The van der Waals surface area contributed by atoms with Gasteiger partial charge in [-0.25, -0.2) is 0 Å². The fourth-order valence-electron chi connectivity index (χ4n) is 12.4. The molecule has 2 aromatic rings. The molecule has 2 saturated carbocycles. The molecule has 6 rings (SSSR count). The largest absolute Gasteiger partial charge is 0.381 e. The zero-order valence-corrected chi connectivity index (χ0v) is 37.9. The minimum atomic E-state index is -0.217. The third kappa shape index (κ3) is 9.73. The lowest BCUT2D eigenvalue weighted by Gasteiger charge is -2.55. The monoisotopic (exact) mass is 801 g/mol. The molecule has 0 spiro atoms. The Bertz CT molecular complexity index is 1570. The van der Waals surface area contributed by atoms with Gasteiger partial charge in [-0.3, -0.25) is 9.59 Å². The van der Waals surface area contributed by atoms with Crippen LogP contribution in [0.5, 0.6) is 0 Å². The molecule has 2 fully saturated rings. The van der Waals surface area contributed by atoms with E-state index in [1.54, 1.807) is 0 Å². The summed E-state index contributed by atoms with van der Waals surface area (Å²) in [5.41, 5.74) is 11.8. The molecule has 0 aliphatic heterocycles. The number of fused-ring (bicyclic) bond motifs is 6. The lowest BCUT2D eigenvalue weighted by atomic mass is 9.48. The number of ketones is 2. The minimum absolute atomic E-state index is 0. The summed E-state index contributed by atoms with van der Waals surface area (Å²) < 4.78 is 5.36. The number of nitrogens with one attached hydrogen (secondary N) is 2. The number of carbonyl (C=O) groups is 2.